The third-order valence-electron chi connectivity index (χ3n) is 7.43. The summed E-state index contributed by atoms with van der Waals surface area (Å²) in [5.41, 5.74) is 10.1. The number of rotatable bonds is 2. The van der Waals surface area contributed by atoms with Gasteiger partial charge in [0.15, 0.2) is 0 Å². The van der Waals surface area contributed by atoms with Gasteiger partial charge in [0.1, 0.15) is 0 Å². The van der Waals surface area contributed by atoms with Crippen LogP contribution >= 0.6 is 0 Å². The summed E-state index contributed by atoms with van der Waals surface area (Å²) >= 11 is 0. The molecule has 38 heavy (non-hydrogen) atoms. The number of pyridine rings is 1. The van der Waals surface area contributed by atoms with E-state index in [1.165, 1.54) is 24.0 Å². The molecule has 6 rings (SSSR count). The predicted molar refractivity (Wildman–Crippen MR) is 152 cm³/mol. The molecule has 0 bridgehead atoms. The van der Waals surface area contributed by atoms with E-state index in [4.69, 9.17) is 9.97 Å². The summed E-state index contributed by atoms with van der Waals surface area (Å²) in [7, 11) is 0. The van der Waals surface area contributed by atoms with Crippen molar-refractivity contribution in [3.05, 3.63) is 114 Å². The Bertz CT molecular complexity index is 1470. The third-order valence-corrected chi connectivity index (χ3v) is 7.43. The van der Waals surface area contributed by atoms with Gasteiger partial charge in [-0.15, -0.1) is 71.8 Å². The number of aryl methyl sites for hydroxylation is 1. The zero-order chi connectivity index (χ0) is 26.0. The quantitative estimate of drug-likeness (QED) is 0.177. The van der Waals surface area contributed by atoms with Crippen LogP contribution in [0.25, 0.3) is 33.5 Å². The van der Waals surface area contributed by atoms with Crippen molar-refractivity contribution in [3.8, 4) is 22.5 Å². The van der Waals surface area contributed by atoms with Crippen molar-refractivity contribution in [1.29, 1.82) is 0 Å². The maximum absolute atomic E-state index is 4.97. The van der Waals surface area contributed by atoms with E-state index < -0.39 is 0 Å². The molecule has 1 aliphatic rings. The van der Waals surface area contributed by atoms with Crippen molar-refractivity contribution in [2.75, 3.05) is 0 Å². The molecule has 2 heterocycles. The van der Waals surface area contributed by atoms with Gasteiger partial charge >= 0.3 is 0 Å². The molecule has 0 spiro atoms. The minimum absolute atomic E-state index is 0. The first-order chi connectivity index (χ1) is 17.7. The Labute approximate surface area is 240 Å². The van der Waals surface area contributed by atoms with Gasteiger partial charge in [-0.2, -0.15) is 0 Å². The van der Waals surface area contributed by atoms with Gasteiger partial charge < -0.3 is 4.98 Å². The normalized spacial score (nSPS) is 15.0. The van der Waals surface area contributed by atoms with Crippen LogP contribution in [0.2, 0.25) is 0 Å². The van der Waals surface area contributed by atoms with E-state index in [0.717, 1.165) is 39.2 Å². The molecule has 0 amide bonds. The number of hydrogen-bond donors (Lipinski definition) is 0. The number of fused-ring (bicyclic) bond motifs is 2. The monoisotopic (exact) mass is 676 g/mol. The van der Waals surface area contributed by atoms with E-state index in [1.807, 2.05) is 73.7 Å². The molecule has 0 fully saturated rings. The fraction of sp³-hybridized carbons (Fsp3) is 0.265. The number of hydrogen-bond acceptors (Lipinski definition) is 3. The number of nitrogens with zero attached hydrogens (tertiary/aromatic N) is 3. The maximum Gasteiger partial charge on any atom is 0.0873 e. The minimum Gasteiger partial charge on any atom is -0.305 e. The molecule has 4 heteroatoms. The van der Waals surface area contributed by atoms with E-state index in [2.05, 4.69) is 56.9 Å². The molecular weight excluding hydrogens is 643 g/mol. The van der Waals surface area contributed by atoms with Gasteiger partial charge in [0.05, 0.1) is 11.0 Å². The first-order valence-corrected chi connectivity index (χ1v) is 12.9. The van der Waals surface area contributed by atoms with Gasteiger partial charge in [-0.05, 0) is 65.6 Å². The molecule has 3 nitrogen and oxygen atoms in total. The molecule has 0 N–H and O–H groups in total. The zero-order valence-electron chi connectivity index (χ0n) is 22.7. The Morgan fingerprint density at radius 3 is 1.76 bits per heavy atom. The van der Waals surface area contributed by atoms with Gasteiger partial charge in [-0.1, -0.05) is 39.8 Å². The molecule has 0 unspecified atom stereocenters. The van der Waals surface area contributed by atoms with Crippen LogP contribution in [0.1, 0.15) is 57.4 Å². The second-order valence-electron chi connectivity index (χ2n) is 11.1. The summed E-state index contributed by atoms with van der Waals surface area (Å²) in [6, 6.07) is 32.6. The molecule has 0 saturated carbocycles. The van der Waals surface area contributed by atoms with Gasteiger partial charge in [0, 0.05) is 37.7 Å². The Hall–Kier alpha value is -3.20. The molecule has 0 saturated heterocycles. The van der Waals surface area contributed by atoms with E-state index in [-0.39, 0.29) is 30.9 Å². The van der Waals surface area contributed by atoms with Crippen LogP contribution in [-0.4, -0.2) is 15.0 Å². The molecule has 0 aliphatic heterocycles. The van der Waals surface area contributed by atoms with Crippen molar-refractivity contribution in [2.24, 2.45) is 0 Å². The molecule has 0 atom stereocenters. The summed E-state index contributed by atoms with van der Waals surface area (Å²) in [6.45, 7) is 11.4. The molecule has 1 radical (unpaired) electrons. The van der Waals surface area contributed by atoms with E-state index in [0.29, 0.717) is 0 Å². The summed E-state index contributed by atoms with van der Waals surface area (Å²) in [6.07, 6.45) is 4.20. The van der Waals surface area contributed by atoms with Crippen molar-refractivity contribution >= 4 is 11.0 Å². The van der Waals surface area contributed by atoms with E-state index in [9.17, 15) is 0 Å². The predicted octanol–water partition coefficient (Wildman–Crippen LogP) is 8.30. The molecule has 195 valence electrons. The van der Waals surface area contributed by atoms with Crippen LogP contribution in [0.5, 0.6) is 0 Å². The van der Waals surface area contributed by atoms with Crippen LogP contribution in [0, 0.1) is 19.1 Å². The van der Waals surface area contributed by atoms with Crippen LogP contribution in [0.4, 0.5) is 0 Å². The molecular formula is C34H33IrN3-2. The first kappa shape index (κ1) is 27.8. The molecule has 5 aromatic rings. The van der Waals surface area contributed by atoms with Gasteiger partial charge in [-0.25, -0.2) is 0 Å². The standard InChI is InChI=1S/C23H25N2.C11H8N.Ir/c1-15-21(16-9-7-6-8-10-16)25-20-14-18-17(13-19(20)24-15)22(2,3)11-12-23(18,4)5;1-2-6-10(7-3-1)11-8-4-5-9-12-11;/h6-9,13-14H,11-12H2,1-5H3;1-6,8-9H;/q2*-1;. The Kier molecular flexibility index (Phi) is 8.25. The van der Waals surface area contributed by atoms with Gasteiger partial charge in [-0.3, -0.25) is 9.97 Å². The second-order valence-corrected chi connectivity index (χ2v) is 11.1. The average Bonchev–Trinajstić information content (AvgIpc) is 2.92. The Balaban J connectivity index is 0.000000218. The smallest absolute Gasteiger partial charge is 0.0873 e. The fourth-order valence-electron chi connectivity index (χ4n) is 5.08. The molecule has 1 aliphatic carbocycles. The fourth-order valence-corrected chi connectivity index (χ4v) is 5.08. The Morgan fingerprint density at radius 1 is 0.684 bits per heavy atom. The number of benzene rings is 3. The van der Waals surface area contributed by atoms with Crippen molar-refractivity contribution in [2.45, 2.75) is 58.3 Å². The largest absolute Gasteiger partial charge is 0.305 e. The summed E-state index contributed by atoms with van der Waals surface area (Å²) in [5.74, 6) is 0. The van der Waals surface area contributed by atoms with Crippen LogP contribution < -0.4 is 0 Å². The van der Waals surface area contributed by atoms with Gasteiger partial charge in [0.2, 0.25) is 0 Å². The summed E-state index contributed by atoms with van der Waals surface area (Å²) in [5, 5.41) is 0. The zero-order valence-corrected chi connectivity index (χ0v) is 25.1. The molecule has 3 aromatic carbocycles. The SMILES string of the molecule is Cc1nc2cc3c(cc2nc1-c1[c-]cccc1)C(C)(C)CCC3(C)C.[Ir].[c-]1ccccc1-c1ccccn1. The van der Waals surface area contributed by atoms with E-state index >= 15 is 0 Å². The first-order valence-electron chi connectivity index (χ1n) is 12.9. The second kappa shape index (κ2) is 11.3. The van der Waals surface area contributed by atoms with Crippen molar-refractivity contribution < 1.29 is 20.1 Å². The van der Waals surface area contributed by atoms with Crippen molar-refractivity contribution in [3.63, 3.8) is 0 Å². The van der Waals surface area contributed by atoms with Crippen LogP contribution in [-0.2, 0) is 30.9 Å². The summed E-state index contributed by atoms with van der Waals surface area (Å²) < 4.78 is 0. The average molecular weight is 676 g/mol. The molecule has 2 aromatic heterocycles. The third kappa shape index (κ3) is 5.77. The van der Waals surface area contributed by atoms with Crippen LogP contribution in [0.3, 0.4) is 0 Å². The van der Waals surface area contributed by atoms with Crippen molar-refractivity contribution in [1.82, 2.24) is 15.0 Å². The van der Waals surface area contributed by atoms with Gasteiger partial charge in [0.25, 0.3) is 0 Å². The topological polar surface area (TPSA) is 38.7 Å². The Morgan fingerprint density at radius 2 is 1.24 bits per heavy atom. The maximum atomic E-state index is 4.97. The van der Waals surface area contributed by atoms with Crippen LogP contribution in [0.15, 0.2) is 85.1 Å². The number of aromatic nitrogens is 3. The minimum atomic E-state index is 0. The van der Waals surface area contributed by atoms with E-state index in [1.54, 1.807) is 6.20 Å². The summed E-state index contributed by atoms with van der Waals surface area (Å²) in [4.78, 5) is 14.1.